The molecule has 0 radical (unpaired) electrons. The van der Waals surface area contributed by atoms with Crippen LogP contribution in [0, 0.1) is 0 Å². The molecule has 0 aliphatic carbocycles. The van der Waals surface area contributed by atoms with Gasteiger partial charge in [0, 0.05) is 6.42 Å². The number of methoxy groups -OCH3 is 1. The summed E-state index contributed by atoms with van der Waals surface area (Å²) in [6.07, 6.45) is 1.68. The number of carbonyl (C=O) groups is 2. The molecule has 64 valence electrons. The summed E-state index contributed by atoms with van der Waals surface area (Å²) in [6.45, 7) is 0. The second-order valence-corrected chi connectivity index (χ2v) is 2.77. The maximum Gasteiger partial charge on any atom is 0.323 e. The lowest BCUT2D eigenvalue weighted by atomic mass is 10.2. The van der Waals surface area contributed by atoms with Gasteiger partial charge in [-0.15, -0.1) is 0 Å². The number of nitrogens with two attached hydrogens (primary N) is 1. The summed E-state index contributed by atoms with van der Waals surface area (Å²) in [4.78, 5) is 21.4. The Morgan fingerprint density at radius 3 is 2.55 bits per heavy atom. The van der Waals surface area contributed by atoms with Crippen molar-refractivity contribution in [2.45, 2.75) is 12.5 Å². The SMILES string of the molecule is COC(=O)C(N)CC(=O)SC. The average molecular weight is 177 g/mol. The fourth-order valence-electron chi connectivity index (χ4n) is 0.498. The van der Waals surface area contributed by atoms with Crippen molar-refractivity contribution in [3.63, 3.8) is 0 Å². The smallest absolute Gasteiger partial charge is 0.323 e. The largest absolute Gasteiger partial charge is 0.468 e. The number of rotatable bonds is 3. The zero-order valence-electron chi connectivity index (χ0n) is 6.49. The van der Waals surface area contributed by atoms with E-state index in [-0.39, 0.29) is 11.5 Å². The standard InChI is InChI=1S/C6H11NO3S/c1-10-6(9)4(7)3-5(8)11-2/h4H,3,7H2,1-2H3. The van der Waals surface area contributed by atoms with Crippen LogP contribution in [-0.4, -0.2) is 30.5 Å². The molecule has 0 saturated heterocycles. The Bertz CT molecular complexity index is 160. The average Bonchev–Trinajstić information content (AvgIpc) is 2.02. The molecule has 0 amide bonds. The van der Waals surface area contributed by atoms with E-state index in [9.17, 15) is 9.59 Å². The highest BCUT2D eigenvalue weighted by Gasteiger charge is 2.16. The van der Waals surface area contributed by atoms with Crippen LogP contribution in [0.4, 0.5) is 0 Å². The van der Waals surface area contributed by atoms with E-state index < -0.39 is 12.0 Å². The van der Waals surface area contributed by atoms with Crippen LogP contribution in [0.1, 0.15) is 6.42 Å². The number of esters is 1. The Kier molecular flexibility index (Phi) is 4.89. The van der Waals surface area contributed by atoms with Crippen molar-refractivity contribution in [2.75, 3.05) is 13.4 Å². The van der Waals surface area contributed by atoms with Crippen LogP contribution in [0.2, 0.25) is 0 Å². The first-order chi connectivity index (χ1) is 5.11. The predicted molar refractivity (Wildman–Crippen MR) is 43.1 cm³/mol. The number of ether oxygens (including phenoxy) is 1. The minimum atomic E-state index is -0.819. The van der Waals surface area contributed by atoms with Crippen LogP contribution in [0.5, 0.6) is 0 Å². The summed E-state index contributed by atoms with van der Waals surface area (Å²) in [5.41, 5.74) is 5.30. The van der Waals surface area contributed by atoms with Crippen molar-refractivity contribution in [1.82, 2.24) is 0 Å². The van der Waals surface area contributed by atoms with E-state index >= 15 is 0 Å². The zero-order chi connectivity index (χ0) is 8.85. The second-order valence-electron chi connectivity index (χ2n) is 1.91. The van der Waals surface area contributed by atoms with E-state index in [2.05, 4.69) is 4.74 Å². The van der Waals surface area contributed by atoms with Gasteiger partial charge in [0.1, 0.15) is 6.04 Å². The van der Waals surface area contributed by atoms with Crippen LogP contribution in [0.15, 0.2) is 0 Å². The van der Waals surface area contributed by atoms with Gasteiger partial charge >= 0.3 is 5.97 Å². The summed E-state index contributed by atoms with van der Waals surface area (Å²) >= 11 is 1.05. The third-order valence-electron chi connectivity index (χ3n) is 1.12. The molecule has 0 aliphatic heterocycles. The van der Waals surface area contributed by atoms with Gasteiger partial charge in [-0.3, -0.25) is 9.59 Å². The molecular formula is C6H11NO3S. The maximum atomic E-state index is 10.7. The van der Waals surface area contributed by atoms with E-state index in [0.29, 0.717) is 0 Å². The van der Waals surface area contributed by atoms with Gasteiger partial charge in [-0.1, -0.05) is 11.8 Å². The minimum Gasteiger partial charge on any atom is -0.468 e. The monoisotopic (exact) mass is 177 g/mol. The van der Waals surface area contributed by atoms with Crippen molar-refractivity contribution in [2.24, 2.45) is 5.73 Å². The molecule has 0 fully saturated rings. The van der Waals surface area contributed by atoms with Crippen molar-refractivity contribution < 1.29 is 14.3 Å². The first-order valence-electron chi connectivity index (χ1n) is 3.02. The summed E-state index contributed by atoms with van der Waals surface area (Å²) in [5.74, 6) is -0.549. The van der Waals surface area contributed by atoms with Gasteiger partial charge in [0.2, 0.25) is 0 Å². The zero-order valence-corrected chi connectivity index (χ0v) is 7.31. The lowest BCUT2D eigenvalue weighted by Crippen LogP contribution is -2.33. The van der Waals surface area contributed by atoms with Crippen LogP contribution in [0.25, 0.3) is 0 Å². The van der Waals surface area contributed by atoms with Gasteiger partial charge in [-0.05, 0) is 6.26 Å². The molecule has 0 bridgehead atoms. The predicted octanol–water partition coefficient (Wildman–Crippen LogP) is -0.234. The molecular weight excluding hydrogens is 166 g/mol. The van der Waals surface area contributed by atoms with Crippen LogP contribution in [0.3, 0.4) is 0 Å². The first-order valence-corrected chi connectivity index (χ1v) is 4.24. The summed E-state index contributed by atoms with van der Waals surface area (Å²) in [6, 6.07) is -0.819. The Balaban J connectivity index is 3.77. The third-order valence-corrected chi connectivity index (χ3v) is 1.74. The molecule has 1 unspecified atom stereocenters. The van der Waals surface area contributed by atoms with E-state index in [1.165, 1.54) is 7.11 Å². The number of thioether (sulfide) groups is 1. The van der Waals surface area contributed by atoms with E-state index in [0.717, 1.165) is 11.8 Å². The van der Waals surface area contributed by atoms with Crippen LogP contribution >= 0.6 is 11.8 Å². The summed E-state index contributed by atoms with van der Waals surface area (Å²) in [5, 5.41) is -0.108. The molecule has 0 heterocycles. The van der Waals surface area contributed by atoms with Crippen LogP contribution < -0.4 is 5.73 Å². The Hall–Kier alpha value is -0.550. The lowest BCUT2D eigenvalue weighted by molar-refractivity contribution is -0.143. The van der Waals surface area contributed by atoms with Crippen molar-refractivity contribution >= 4 is 22.8 Å². The fourth-order valence-corrected chi connectivity index (χ4v) is 0.844. The first kappa shape index (κ1) is 10.4. The van der Waals surface area contributed by atoms with Gasteiger partial charge in [-0.2, -0.15) is 0 Å². The quantitative estimate of drug-likeness (QED) is 0.603. The summed E-state index contributed by atoms with van der Waals surface area (Å²) in [7, 11) is 1.24. The molecule has 0 aromatic heterocycles. The molecule has 0 rings (SSSR count). The third kappa shape index (κ3) is 4.00. The Morgan fingerprint density at radius 2 is 2.18 bits per heavy atom. The minimum absolute atomic E-state index is 0.0356. The Morgan fingerprint density at radius 1 is 1.64 bits per heavy atom. The number of carbonyl (C=O) groups excluding carboxylic acids is 2. The van der Waals surface area contributed by atoms with Crippen LogP contribution in [-0.2, 0) is 14.3 Å². The molecule has 0 saturated carbocycles. The molecule has 11 heavy (non-hydrogen) atoms. The second kappa shape index (κ2) is 5.15. The number of hydrogen-bond acceptors (Lipinski definition) is 5. The highest BCUT2D eigenvalue weighted by atomic mass is 32.2. The topological polar surface area (TPSA) is 69.4 Å². The maximum absolute atomic E-state index is 10.7. The molecule has 0 aromatic rings. The summed E-state index contributed by atoms with van der Waals surface area (Å²) < 4.78 is 4.33. The van der Waals surface area contributed by atoms with Gasteiger partial charge in [0.05, 0.1) is 7.11 Å². The van der Waals surface area contributed by atoms with Crippen molar-refractivity contribution in [3.8, 4) is 0 Å². The molecule has 5 heteroatoms. The molecule has 0 aliphatic rings. The van der Waals surface area contributed by atoms with E-state index in [1.54, 1.807) is 6.26 Å². The van der Waals surface area contributed by atoms with Crippen molar-refractivity contribution in [1.29, 1.82) is 0 Å². The normalized spacial score (nSPS) is 12.3. The lowest BCUT2D eigenvalue weighted by Gasteiger charge is -2.05. The molecule has 4 nitrogen and oxygen atoms in total. The van der Waals surface area contributed by atoms with Gasteiger partial charge < -0.3 is 10.5 Å². The van der Waals surface area contributed by atoms with Gasteiger partial charge in [-0.25, -0.2) is 0 Å². The highest BCUT2D eigenvalue weighted by Crippen LogP contribution is 2.02. The molecule has 1 atom stereocenters. The van der Waals surface area contributed by atoms with E-state index in [1.807, 2.05) is 0 Å². The number of hydrogen-bond donors (Lipinski definition) is 1. The highest BCUT2D eigenvalue weighted by molar-refractivity contribution is 8.13. The fraction of sp³-hybridized carbons (Fsp3) is 0.667. The molecule has 0 spiro atoms. The van der Waals surface area contributed by atoms with E-state index in [4.69, 9.17) is 5.73 Å². The molecule has 2 N–H and O–H groups in total. The molecule has 0 aromatic carbocycles. The van der Waals surface area contributed by atoms with Gasteiger partial charge in [0.15, 0.2) is 5.12 Å². The van der Waals surface area contributed by atoms with Gasteiger partial charge in [0.25, 0.3) is 0 Å². The van der Waals surface area contributed by atoms with Crippen molar-refractivity contribution in [3.05, 3.63) is 0 Å². The Labute approximate surface area is 69.5 Å².